The van der Waals surface area contributed by atoms with Gasteiger partial charge in [-0.3, -0.25) is 26.1 Å². The van der Waals surface area contributed by atoms with Gasteiger partial charge in [0.25, 0.3) is 0 Å². The van der Waals surface area contributed by atoms with Crippen molar-refractivity contribution >= 4 is 36.3 Å². The maximum absolute atomic E-state index is 12.8. The molecule has 3 aliphatic rings. The Hall–Kier alpha value is -0.140. The second-order valence-corrected chi connectivity index (χ2v) is 14.2. The standard InChI is InChI=1S/C21H38Cl2N5O2P/c1-4-19(29)25-13-9-10-14(22)17(11-13)27-21-24-12-15(23)20(28-21)26-16-7-5-6-8-18(16)31(2,3)30/h4,13-18,20-21,24,26-28H,1,5-12H2,2-3H3,(H,25,29). The molecule has 8 unspecified atom stereocenters. The van der Waals surface area contributed by atoms with E-state index in [-0.39, 0.29) is 52.9 Å². The average molecular weight is 494 g/mol. The van der Waals surface area contributed by atoms with E-state index in [0.717, 1.165) is 44.9 Å². The van der Waals surface area contributed by atoms with Crippen molar-refractivity contribution in [3.8, 4) is 0 Å². The SMILES string of the molecule is C=CC(=O)NC1CCC(Cl)C(NC2NCC(Cl)C(NC3CCCCC3P(C)(C)=O)N2)C1. The number of hydrogen-bond donors (Lipinski definition) is 5. The number of hydrogen-bond acceptors (Lipinski definition) is 6. The highest BCUT2D eigenvalue weighted by Gasteiger charge is 2.38. The van der Waals surface area contributed by atoms with Gasteiger partial charge in [-0.2, -0.15) is 0 Å². The van der Waals surface area contributed by atoms with E-state index in [1.165, 1.54) is 6.08 Å². The Bertz CT molecular complexity index is 678. The highest BCUT2D eigenvalue weighted by molar-refractivity contribution is 7.63. The van der Waals surface area contributed by atoms with Crippen molar-refractivity contribution in [1.29, 1.82) is 0 Å². The number of alkyl halides is 2. The second kappa shape index (κ2) is 11.3. The Labute approximate surface area is 196 Å². The van der Waals surface area contributed by atoms with Gasteiger partial charge in [-0.1, -0.05) is 19.4 Å². The van der Waals surface area contributed by atoms with Gasteiger partial charge >= 0.3 is 0 Å². The van der Waals surface area contributed by atoms with E-state index in [0.29, 0.717) is 6.54 Å². The zero-order chi connectivity index (χ0) is 22.6. The first-order valence-corrected chi connectivity index (χ1v) is 15.0. The minimum Gasteiger partial charge on any atom is -0.350 e. The Balaban J connectivity index is 1.57. The first-order chi connectivity index (χ1) is 14.7. The van der Waals surface area contributed by atoms with Crippen LogP contribution in [0.3, 0.4) is 0 Å². The molecule has 0 aromatic rings. The molecular weight excluding hydrogens is 456 g/mol. The summed E-state index contributed by atoms with van der Waals surface area (Å²) in [4.78, 5) is 11.7. The molecule has 1 saturated heterocycles. The maximum Gasteiger partial charge on any atom is 0.243 e. The van der Waals surface area contributed by atoms with Crippen LogP contribution in [0.4, 0.5) is 0 Å². The maximum atomic E-state index is 12.8. The van der Waals surface area contributed by atoms with Crippen molar-refractivity contribution in [3.05, 3.63) is 12.7 Å². The van der Waals surface area contributed by atoms with Crippen LogP contribution >= 0.6 is 30.3 Å². The third-order valence-corrected chi connectivity index (χ3v) is 9.97. The number of amides is 1. The topological polar surface area (TPSA) is 94.3 Å². The van der Waals surface area contributed by atoms with Crippen molar-refractivity contribution in [2.75, 3.05) is 19.9 Å². The fourth-order valence-electron chi connectivity index (χ4n) is 5.14. The monoisotopic (exact) mass is 493 g/mol. The number of rotatable bonds is 7. The summed E-state index contributed by atoms with van der Waals surface area (Å²) >= 11 is 13.2. The molecule has 2 saturated carbocycles. The largest absolute Gasteiger partial charge is 0.350 e. The van der Waals surface area contributed by atoms with E-state index >= 15 is 0 Å². The zero-order valence-electron chi connectivity index (χ0n) is 18.6. The van der Waals surface area contributed by atoms with Crippen LogP contribution in [0.15, 0.2) is 12.7 Å². The van der Waals surface area contributed by atoms with Gasteiger partial charge in [0.05, 0.1) is 18.7 Å². The molecule has 2 aliphatic carbocycles. The van der Waals surface area contributed by atoms with E-state index in [1.807, 2.05) is 13.3 Å². The Kier molecular flexibility index (Phi) is 9.31. The molecule has 0 aromatic heterocycles. The molecule has 178 valence electrons. The molecule has 31 heavy (non-hydrogen) atoms. The third kappa shape index (κ3) is 7.17. The van der Waals surface area contributed by atoms with Gasteiger partial charge < -0.3 is 9.88 Å². The fraction of sp³-hybridized carbons (Fsp3) is 0.857. The van der Waals surface area contributed by atoms with Crippen molar-refractivity contribution in [3.63, 3.8) is 0 Å². The van der Waals surface area contributed by atoms with E-state index in [2.05, 4.69) is 33.2 Å². The molecular formula is C21H38Cl2N5O2P. The van der Waals surface area contributed by atoms with Gasteiger partial charge in [-0.25, -0.2) is 0 Å². The minimum absolute atomic E-state index is 0.00518. The number of carbonyl (C=O) groups excluding carboxylic acids is 1. The Morgan fingerprint density at radius 1 is 1.06 bits per heavy atom. The van der Waals surface area contributed by atoms with Crippen LogP contribution in [0.25, 0.3) is 0 Å². The summed E-state index contributed by atoms with van der Waals surface area (Å²) in [6, 6.07) is 0.348. The van der Waals surface area contributed by atoms with Crippen molar-refractivity contribution in [2.24, 2.45) is 0 Å². The lowest BCUT2D eigenvalue weighted by molar-refractivity contribution is -0.117. The molecule has 10 heteroatoms. The first-order valence-electron chi connectivity index (χ1n) is 11.4. The van der Waals surface area contributed by atoms with E-state index in [1.54, 1.807) is 0 Å². The normalized spacial score (nSPS) is 39.6. The average Bonchev–Trinajstić information content (AvgIpc) is 2.72. The van der Waals surface area contributed by atoms with E-state index in [9.17, 15) is 9.36 Å². The molecule has 8 atom stereocenters. The van der Waals surface area contributed by atoms with Gasteiger partial charge in [0.2, 0.25) is 5.91 Å². The predicted molar refractivity (Wildman–Crippen MR) is 130 cm³/mol. The summed E-state index contributed by atoms with van der Waals surface area (Å²) in [6.07, 6.45) is 7.86. The highest BCUT2D eigenvalue weighted by atomic mass is 35.5. The molecule has 1 amide bonds. The summed E-state index contributed by atoms with van der Waals surface area (Å²) < 4.78 is 12.8. The molecule has 0 bridgehead atoms. The van der Waals surface area contributed by atoms with Gasteiger partial charge in [0.15, 0.2) is 0 Å². The van der Waals surface area contributed by atoms with Crippen LogP contribution in [-0.4, -0.2) is 72.8 Å². The summed E-state index contributed by atoms with van der Waals surface area (Å²) in [5.74, 6) is -0.147. The lowest BCUT2D eigenvalue weighted by Gasteiger charge is -2.44. The van der Waals surface area contributed by atoms with E-state index in [4.69, 9.17) is 23.2 Å². The number of nitrogens with one attached hydrogen (secondary N) is 5. The molecule has 0 aromatic carbocycles. The fourth-order valence-corrected chi connectivity index (χ4v) is 7.59. The number of carbonyl (C=O) groups is 1. The quantitative estimate of drug-likeness (QED) is 0.212. The van der Waals surface area contributed by atoms with Crippen LogP contribution < -0.4 is 26.6 Å². The molecule has 1 heterocycles. The predicted octanol–water partition coefficient (Wildman–Crippen LogP) is 2.34. The minimum atomic E-state index is -2.18. The Morgan fingerprint density at radius 3 is 2.52 bits per heavy atom. The van der Waals surface area contributed by atoms with Crippen LogP contribution in [0.5, 0.6) is 0 Å². The first kappa shape index (κ1) is 25.5. The summed E-state index contributed by atoms with van der Waals surface area (Å²) in [5, 5.41) is 17.1. The van der Waals surface area contributed by atoms with Crippen molar-refractivity contribution < 1.29 is 9.36 Å². The van der Waals surface area contributed by atoms with Crippen molar-refractivity contribution in [1.82, 2.24) is 26.6 Å². The van der Waals surface area contributed by atoms with Crippen LogP contribution in [-0.2, 0) is 9.36 Å². The van der Waals surface area contributed by atoms with Crippen LogP contribution in [0, 0.1) is 0 Å². The Morgan fingerprint density at radius 2 is 1.81 bits per heavy atom. The molecule has 7 nitrogen and oxygen atoms in total. The highest BCUT2D eigenvalue weighted by Crippen LogP contribution is 2.49. The molecule has 0 radical (unpaired) electrons. The van der Waals surface area contributed by atoms with Crippen LogP contribution in [0.1, 0.15) is 44.9 Å². The van der Waals surface area contributed by atoms with E-state index < -0.39 is 7.14 Å². The van der Waals surface area contributed by atoms with Gasteiger partial charge in [0, 0.05) is 35.7 Å². The zero-order valence-corrected chi connectivity index (χ0v) is 21.0. The molecule has 5 N–H and O–H groups in total. The molecule has 1 aliphatic heterocycles. The van der Waals surface area contributed by atoms with Crippen molar-refractivity contribution in [2.45, 2.75) is 91.9 Å². The molecule has 0 spiro atoms. The number of halogens is 2. The third-order valence-electron chi connectivity index (χ3n) is 6.83. The smallest absolute Gasteiger partial charge is 0.243 e. The van der Waals surface area contributed by atoms with Gasteiger partial charge in [-0.05, 0) is 51.5 Å². The second-order valence-electron chi connectivity index (χ2n) is 9.57. The summed E-state index contributed by atoms with van der Waals surface area (Å²) in [6.45, 7) is 7.98. The molecule has 3 fully saturated rings. The lowest BCUT2D eigenvalue weighted by atomic mass is 9.90. The van der Waals surface area contributed by atoms with Gasteiger partial charge in [0.1, 0.15) is 6.29 Å². The lowest BCUT2D eigenvalue weighted by Crippen LogP contribution is -2.72. The summed E-state index contributed by atoms with van der Waals surface area (Å²) in [5.41, 5.74) is 0.202. The van der Waals surface area contributed by atoms with Crippen LogP contribution in [0.2, 0.25) is 0 Å². The molecule has 3 rings (SSSR count). The summed E-state index contributed by atoms with van der Waals surface area (Å²) in [7, 11) is -2.18. The van der Waals surface area contributed by atoms with Gasteiger partial charge in [-0.15, -0.1) is 23.2 Å².